The van der Waals surface area contributed by atoms with Gasteiger partial charge in [0, 0.05) is 0 Å². The van der Waals surface area contributed by atoms with Crippen LogP contribution in [0.4, 0.5) is 4.39 Å². The Balaban J connectivity index is 2.43. The molecule has 1 atom stereocenters. The lowest BCUT2D eigenvalue weighted by Crippen LogP contribution is -2.22. The van der Waals surface area contributed by atoms with Crippen molar-refractivity contribution in [3.05, 3.63) is 71.5 Å². The van der Waals surface area contributed by atoms with Gasteiger partial charge in [-0.3, -0.25) is 0 Å². The molecule has 0 aliphatic heterocycles. The summed E-state index contributed by atoms with van der Waals surface area (Å²) in [4.78, 5) is 0. The number of hydrogen-bond donors (Lipinski definition) is 1. The van der Waals surface area contributed by atoms with Crippen LogP contribution >= 0.6 is 0 Å². The molecule has 16 heavy (non-hydrogen) atoms. The Bertz CT molecular complexity index is 460. The second kappa shape index (κ2) is 4.06. The highest BCUT2D eigenvalue weighted by Crippen LogP contribution is 2.28. The standard InChI is InChI=1S/C14H13FO/c1-14(16,11-5-3-2-4-6-11)12-7-9-13(15)10-8-12/h2-10,16H,1H3. The maximum atomic E-state index is 12.8. The predicted octanol–water partition coefficient (Wildman–Crippen LogP) is 3.08. The van der Waals surface area contributed by atoms with Crippen LogP contribution in [0.15, 0.2) is 54.6 Å². The van der Waals surface area contributed by atoms with Crippen LogP contribution < -0.4 is 0 Å². The lowest BCUT2D eigenvalue weighted by atomic mass is 9.88. The minimum atomic E-state index is -1.09. The van der Waals surface area contributed by atoms with Crippen LogP contribution in [0.1, 0.15) is 18.1 Å². The Kier molecular flexibility index (Phi) is 2.75. The van der Waals surface area contributed by atoms with Gasteiger partial charge in [0.05, 0.1) is 0 Å². The summed E-state index contributed by atoms with van der Waals surface area (Å²) < 4.78 is 12.8. The van der Waals surface area contributed by atoms with Crippen molar-refractivity contribution in [1.82, 2.24) is 0 Å². The number of hydrogen-bond acceptors (Lipinski definition) is 1. The van der Waals surface area contributed by atoms with E-state index >= 15 is 0 Å². The Hall–Kier alpha value is -1.67. The smallest absolute Gasteiger partial charge is 0.123 e. The molecule has 2 heteroatoms. The highest BCUT2D eigenvalue weighted by Gasteiger charge is 2.24. The minimum absolute atomic E-state index is 0.299. The van der Waals surface area contributed by atoms with Crippen molar-refractivity contribution in [2.24, 2.45) is 0 Å². The van der Waals surface area contributed by atoms with Crippen molar-refractivity contribution in [3.8, 4) is 0 Å². The van der Waals surface area contributed by atoms with E-state index in [9.17, 15) is 9.50 Å². The van der Waals surface area contributed by atoms with Crippen molar-refractivity contribution in [2.45, 2.75) is 12.5 Å². The Morgan fingerprint density at radius 2 is 1.38 bits per heavy atom. The summed E-state index contributed by atoms with van der Waals surface area (Å²) in [6.45, 7) is 1.70. The van der Waals surface area contributed by atoms with Gasteiger partial charge >= 0.3 is 0 Å². The molecular weight excluding hydrogens is 203 g/mol. The summed E-state index contributed by atoms with van der Waals surface area (Å²) in [6.07, 6.45) is 0. The van der Waals surface area contributed by atoms with Crippen LogP contribution in [-0.2, 0) is 5.60 Å². The first-order valence-electron chi connectivity index (χ1n) is 5.14. The van der Waals surface area contributed by atoms with Gasteiger partial charge in [0.25, 0.3) is 0 Å². The predicted molar refractivity (Wildman–Crippen MR) is 61.5 cm³/mol. The van der Waals surface area contributed by atoms with Gasteiger partial charge in [-0.2, -0.15) is 0 Å². The Morgan fingerprint density at radius 1 is 0.875 bits per heavy atom. The van der Waals surface area contributed by atoms with Gasteiger partial charge in [-0.05, 0) is 30.2 Å². The third-order valence-electron chi connectivity index (χ3n) is 2.74. The number of halogens is 1. The van der Waals surface area contributed by atoms with Gasteiger partial charge in [-0.15, -0.1) is 0 Å². The quantitative estimate of drug-likeness (QED) is 0.817. The molecule has 2 rings (SSSR count). The van der Waals surface area contributed by atoms with Gasteiger partial charge in [0.1, 0.15) is 11.4 Å². The van der Waals surface area contributed by atoms with E-state index in [0.29, 0.717) is 5.56 Å². The molecule has 0 aromatic heterocycles. The van der Waals surface area contributed by atoms with Crippen molar-refractivity contribution in [2.75, 3.05) is 0 Å². The minimum Gasteiger partial charge on any atom is -0.381 e. The van der Waals surface area contributed by atoms with Crippen molar-refractivity contribution in [3.63, 3.8) is 0 Å². The average Bonchev–Trinajstić information content (AvgIpc) is 2.31. The van der Waals surface area contributed by atoms with E-state index in [4.69, 9.17) is 0 Å². The molecule has 0 fully saturated rings. The molecule has 1 unspecified atom stereocenters. The third kappa shape index (κ3) is 1.97. The normalized spacial score (nSPS) is 14.4. The summed E-state index contributed by atoms with van der Waals surface area (Å²) in [5.41, 5.74) is 0.385. The van der Waals surface area contributed by atoms with Crippen LogP contribution in [0, 0.1) is 5.82 Å². The molecule has 2 aromatic rings. The zero-order chi connectivity index (χ0) is 11.6. The van der Waals surface area contributed by atoms with E-state index in [-0.39, 0.29) is 5.82 Å². The van der Waals surface area contributed by atoms with Crippen LogP contribution in [0.5, 0.6) is 0 Å². The van der Waals surface area contributed by atoms with Crippen molar-refractivity contribution in [1.29, 1.82) is 0 Å². The number of benzene rings is 2. The zero-order valence-corrected chi connectivity index (χ0v) is 9.02. The second-order valence-corrected chi connectivity index (χ2v) is 3.95. The van der Waals surface area contributed by atoms with Crippen molar-refractivity contribution >= 4 is 0 Å². The van der Waals surface area contributed by atoms with Gasteiger partial charge in [0.15, 0.2) is 0 Å². The monoisotopic (exact) mass is 216 g/mol. The molecule has 0 saturated carbocycles. The molecule has 0 aliphatic carbocycles. The lowest BCUT2D eigenvalue weighted by molar-refractivity contribution is 0.102. The SMILES string of the molecule is CC(O)(c1ccccc1)c1ccc(F)cc1. The molecule has 0 amide bonds. The van der Waals surface area contributed by atoms with Gasteiger partial charge in [0.2, 0.25) is 0 Å². The average molecular weight is 216 g/mol. The first-order valence-corrected chi connectivity index (χ1v) is 5.14. The van der Waals surface area contributed by atoms with E-state index in [0.717, 1.165) is 5.56 Å². The molecule has 2 aromatic carbocycles. The summed E-state index contributed by atoms with van der Waals surface area (Å²) in [6, 6.07) is 15.2. The van der Waals surface area contributed by atoms with Gasteiger partial charge in [-0.25, -0.2) is 4.39 Å². The van der Waals surface area contributed by atoms with E-state index in [1.54, 1.807) is 19.1 Å². The molecule has 0 radical (unpaired) electrons. The van der Waals surface area contributed by atoms with Crippen LogP contribution in [0.25, 0.3) is 0 Å². The number of rotatable bonds is 2. The highest BCUT2D eigenvalue weighted by molar-refractivity contribution is 5.34. The maximum Gasteiger partial charge on any atom is 0.123 e. The summed E-state index contributed by atoms with van der Waals surface area (Å²) in [7, 11) is 0. The molecule has 0 spiro atoms. The first kappa shape index (κ1) is 10.8. The molecule has 1 N–H and O–H groups in total. The summed E-state index contributed by atoms with van der Waals surface area (Å²) in [5, 5.41) is 10.4. The van der Waals surface area contributed by atoms with Gasteiger partial charge < -0.3 is 5.11 Å². The van der Waals surface area contributed by atoms with E-state index < -0.39 is 5.60 Å². The largest absolute Gasteiger partial charge is 0.381 e. The van der Waals surface area contributed by atoms with Crippen LogP contribution in [-0.4, -0.2) is 5.11 Å². The summed E-state index contributed by atoms with van der Waals surface area (Å²) in [5.74, 6) is -0.299. The summed E-state index contributed by atoms with van der Waals surface area (Å²) >= 11 is 0. The first-order chi connectivity index (χ1) is 7.60. The fourth-order valence-electron chi connectivity index (χ4n) is 1.70. The second-order valence-electron chi connectivity index (χ2n) is 3.95. The maximum absolute atomic E-state index is 12.8. The van der Waals surface area contributed by atoms with E-state index in [1.807, 2.05) is 30.3 Å². The Morgan fingerprint density at radius 3 is 1.94 bits per heavy atom. The van der Waals surface area contributed by atoms with Crippen LogP contribution in [0.3, 0.4) is 0 Å². The van der Waals surface area contributed by atoms with E-state index in [2.05, 4.69) is 0 Å². The van der Waals surface area contributed by atoms with E-state index in [1.165, 1.54) is 12.1 Å². The van der Waals surface area contributed by atoms with Crippen molar-refractivity contribution < 1.29 is 9.50 Å². The zero-order valence-electron chi connectivity index (χ0n) is 9.02. The van der Waals surface area contributed by atoms with Gasteiger partial charge in [-0.1, -0.05) is 42.5 Å². The molecule has 82 valence electrons. The molecule has 0 aliphatic rings. The fraction of sp³-hybridized carbons (Fsp3) is 0.143. The molecule has 0 bridgehead atoms. The molecule has 1 nitrogen and oxygen atoms in total. The lowest BCUT2D eigenvalue weighted by Gasteiger charge is -2.24. The molecular formula is C14H13FO. The molecule has 0 saturated heterocycles. The van der Waals surface area contributed by atoms with Crippen LogP contribution in [0.2, 0.25) is 0 Å². The third-order valence-corrected chi connectivity index (χ3v) is 2.74. The Labute approximate surface area is 94.2 Å². The highest BCUT2D eigenvalue weighted by atomic mass is 19.1. The topological polar surface area (TPSA) is 20.2 Å². The fourth-order valence-corrected chi connectivity index (χ4v) is 1.70. The molecule has 0 heterocycles. The number of aliphatic hydroxyl groups is 1.